The molecule has 0 radical (unpaired) electrons. The lowest BCUT2D eigenvalue weighted by molar-refractivity contribution is 0.0965. The van der Waals surface area contributed by atoms with Gasteiger partial charge in [-0.15, -0.1) is 0 Å². The Morgan fingerprint density at radius 1 is 1.00 bits per heavy atom. The van der Waals surface area contributed by atoms with Crippen LogP contribution in [-0.4, -0.2) is 76.1 Å². The summed E-state index contributed by atoms with van der Waals surface area (Å²) in [4.78, 5) is 20.6. The van der Waals surface area contributed by atoms with E-state index in [0.717, 1.165) is 53.8 Å². The molecule has 164 valence electrons. The van der Waals surface area contributed by atoms with E-state index in [1.807, 2.05) is 18.5 Å². The summed E-state index contributed by atoms with van der Waals surface area (Å²) in [6.45, 7) is 11.6. The van der Waals surface area contributed by atoms with Gasteiger partial charge in [0.25, 0.3) is 0 Å². The van der Waals surface area contributed by atoms with Gasteiger partial charge >= 0.3 is 0 Å². The molecule has 0 spiro atoms. The topological polar surface area (TPSA) is 51.3 Å². The lowest BCUT2D eigenvalue weighted by atomic mass is 10.0. The first kappa shape index (κ1) is 20.5. The Kier molecular flexibility index (Phi) is 5.92. The average Bonchev–Trinajstić information content (AvgIpc) is 3.09. The summed E-state index contributed by atoms with van der Waals surface area (Å²) in [6, 6.07) is 12.0. The highest BCUT2D eigenvalue weighted by Crippen LogP contribution is 2.25. The van der Waals surface area contributed by atoms with E-state index in [4.69, 9.17) is 4.98 Å². The second-order valence-corrected chi connectivity index (χ2v) is 9.26. The van der Waals surface area contributed by atoms with Gasteiger partial charge in [-0.25, -0.2) is 4.98 Å². The Labute approximate surface area is 185 Å². The third-order valence-corrected chi connectivity index (χ3v) is 7.03. The summed E-state index contributed by atoms with van der Waals surface area (Å²) in [5.74, 6) is 1.09. The maximum absolute atomic E-state index is 5.02. The number of likely N-dealkylation sites (tertiary alicyclic amines) is 1. The van der Waals surface area contributed by atoms with E-state index in [-0.39, 0.29) is 0 Å². The van der Waals surface area contributed by atoms with Gasteiger partial charge in [-0.1, -0.05) is 6.07 Å². The molecular formula is C25H34N6. The van der Waals surface area contributed by atoms with Crippen molar-refractivity contribution >= 4 is 16.7 Å². The van der Waals surface area contributed by atoms with E-state index in [2.05, 4.69) is 62.8 Å². The molecule has 3 aromatic heterocycles. The number of hydrogen-bond donors (Lipinski definition) is 1. The van der Waals surface area contributed by atoms with Gasteiger partial charge in [0.05, 0.1) is 11.4 Å². The zero-order valence-electron chi connectivity index (χ0n) is 18.8. The first-order chi connectivity index (χ1) is 15.2. The molecule has 2 aliphatic heterocycles. The number of aromatic amines is 1. The van der Waals surface area contributed by atoms with Gasteiger partial charge in [0.15, 0.2) is 0 Å². The maximum atomic E-state index is 5.02. The number of rotatable bonds is 4. The van der Waals surface area contributed by atoms with Gasteiger partial charge in [-0.3, -0.25) is 9.88 Å². The Balaban J connectivity index is 1.26. The number of fused-ring (bicyclic) bond motifs is 1. The van der Waals surface area contributed by atoms with Crippen molar-refractivity contribution in [2.75, 3.05) is 44.2 Å². The van der Waals surface area contributed by atoms with Crippen LogP contribution in [0.5, 0.6) is 0 Å². The standard InChI is InChI=1S/C25H34N6/c1-19(2)29-13-8-21(9-14-29)30-11-4-12-31(16-15-30)25-6-3-5-23(28-25)24-17-20-18-26-10-7-22(20)27-24/h3,5-7,10,17-19,21,27H,4,8-9,11-16H2,1-2H3. The maximum Gasteiger partial charge on any atom is 0.129 e. The SMILES string of the molecule is CC(C)N1CCC(N2CCCN(c3cccc(-c4cc5cnccc5[nH]4)n3)CC2)CC1. The Morgan fingerprint density at radius 2 is 1.87 bits per heavy atom. The molecular weight excluding hydrogens is 384 g/mol. The Morgan fingerprint density at radius 3 is 2.68 bits per heavy atom. The lowest BCUT2D eigenvalue weighted by Gasteiger charge is -2.39. The number of pyridine rings is 2. The zero-order chi connectivity index (χ0) is 21.2. The first-order valence-corrected chi connectivity index (χ1v) is 11.8. The van der Waals surface area contributed by atoms with Crippen LogP contribution in [0.1, 0.15) is 33.1 Å². The fraction of sp³-hybridized carbons (Fsp3) is 0.520. The number of hydrogen-bond acceptors (Lipinski definition) is 5. The lowest BCUT2D eigenvalue weighted by Crippen LogP contribution is -2.47. The summed E-state index contributed by atoms with van der Waals surface area (Å²) >= 11 is 0. The highest BCUT2D eigenvalue weighted by Gasteiger charge is 2.27. The van der Waals surface area contributed by atoms with Crippen LogP contribution in [0.15, 0.2) is 42.7 Å². The van der Waals surface area contributed by atoms with E-state index in [1.165, 1.54) is 38.9 Å². The highest BCUT2D eigenvalue weighted by atomic mass is 15.3. The van der Waals surface area contributed by atoms with Crippen LogP contribution in [0, 0.1) is 0 Å². The van der Waals surface area contributed by atoms with Crippen molar-refractivity contribution in [1.29, 1.82) is 0 Å². The van der Waals surface area contributed by atoms with Crippen LogP contribution in [0.3, 0.4) is 0 Å². The molecule has 2 saturated heterocycles. The number of piperidine rings is 1. The van der Waals surface area contributed by atoms with E-state index in [0.29, 0.717) is 6.04 Å². The van der Waals surface area contributed by atoms with E-state index < -0.39 is 0 Å². The predicted molar refractivity (Wildman–Crippen MR) is 127 cm³/mol. The molecule has 0 amide bonds. The average molecular weight is 419 g/mol. The normalized spacial score (nSPS) is 19.9. The van der Waals surface area contributed by atoms with E-state index >= 15 is 0 Å². The summed E-state index contributed by atoms with van der Waals surface area (Å²) < 4.78 is 0. The van der Waals surface area contributed by atoms with E-state index in [9.17, 15) is 0 Å². The minimum atomic E-state index is 0.674. The molecule has 3 aromatic rings. The molecule has 0 bridgehead atoms. The fourth-order valence-electron chi connectivity index (χ4n) is 5.16. The molecule has 6 nitrogen and oxygen atoms in total. The summed E-state index contributed by atoms with van der Waals surface area (Å²) in [5.41, 5.74) is 3.15. The van der Waals surface area contributed by atoms with Crippen LogP contribution in [0.4, 0.5) is 5.82 Å². The largest absolute Gasteiger partial charge is 0.355 e. The van der Waals surface area contributed by atoms with Gasteiger partial charge in [0.1, 0.15) is 5.82 Å². The molecule has 2 aliphatic rings. The highest BCUT2D eigenvalue weighted by molar-refractivity contribution is 5.84. The summed E-state index contributed by atoms with van der Waals surface area (Å²) in [6.07, 6.45) is 7.53. The zero-order valence-corrected chi connectivity index (χ0v) is 18.8. The molecule has 0 atom stereocenters. The van der Waals surface area contributed by atoms with Crippen LogP contribution >= 0.6 is 0 Å². The van der Waals surface area contributed by atoms with Crippen LogP contribution in [0.25, 0.3) is 22.3 Å². The molecule has 2 fully saturated rings. The molecule has 0 unspecified atom stereocenters. The third kappa shape index (κ3) is 4.46. The third-order valence-electron chi connectivity index (χ3n) is 7.03. The van der Waals surface area contributed by atoms with Crippen molar-refractivity contribution in [1.82, 2.24) is 24.8 Å². The van der Waals surface area contributed by atoms with Gasteiger partial charge in [0.2, 0.25) is 0 Å². The Bertz CT molecular complexity index is 971. The number of anilines is 1. The molecule has 5 rings (SSSR count). The van der Waals surface area contributed by atoms with Crippen molar-refractivity contribution in [2.45, 2.75) is 45.2 Å². The Hall–Kier alpha value is -2.44. The number of H-pyrrole nitrogens is 1. The molecule has 5 heterocycles. The van der Waals surface area contributed by atoms with Gasteiger partial charge in [-0.2, -0.15) is 0 Å². The molecule has 0 saturated carbocycles. The fourth-order valence-corrected chi connectivity index (χ4v) is 5.16. The smallest absolute Gasteiger partial charge is 0.129 e. The van der Waals surface area contributed by atoms with E-state index in [1.54, 1.807) is 0 Å². The second kappa shape index (κ2) is 8.97. The second-order valence-electron chi connectivity index (χ2n) is 9.26. The molecule has 0 aromatic carbocycles. The minimum absolute atomic E-state index is 0.674. The molecule has 1 N–H and O–H groups in total. The van der Waals surface area contributed by atoms with Gasteiger partial charge in [0, 0.05) is 61.6 Å². The monoisotopic (exact) mass is 418 g/mol. The number of nitrogens with one attached hydrogen (secondary N) is 1. The van der Waals surface area contributed by atoms with Crippen molar-refractivity contribution < 1.29 is 0 Å². The predicted octanol–water partition coefficient (Wildman–Crippen LogP) is 4.01. The molecule has 6 heteroatoms. The summed E-state index contributed by atoms with van der Waals surface area (Å²) in [5, 5.41) is 1.12. The van der Waals surface area contributed by atoms with Crippen molar-refractivity contribution in [3.8, 4) is 11.4 Å². The van der Waals surface area contributed by atoms with Crippen LogP contribution in [0.2, 0.25) is 0 Å². The number of nitrogens with zero attached hydrogens (tertiary/aromatic N) is 5. The first-order valence-electron chi connectivity index (χ1n) is 11.8. The van der Waals surface area contributed by atoms with Crippen molar-refractivity contribution in [2.24, 2.45) is 0 Å². The molecule has 31 heavy (non-hydrogen) atoms. The van der Waals surface area contributed by atoms with Crippen LogP contribution < -0.4 is 4.90 Å². The van der Waals surface area contributed by atoms with Gasteiger partial charge < -0.3 is 14.8 Å². The quantitative estimate of drug-likeness (QED) is 0.694. The molecule has 0 aliphatic carbocycles. The van der Waals surface area contributed by atoms with Gasteiger partial charge in [-0.05, 0) is 70.5 Å². The van der Waals surface area contributed by atoms with Crippen molar-refractivity contribution in [3.63, 3.8) is 0 Å². The van der Waals surface area contributed by atoms with Crippen LogP contribution in [-0.2, 0) is 0 Å². The van der Waals surface area contributed by atoms with Crippen molar-refractivity contribution in [3.05, 3.63) is 42.7 Å². The number of aromatic nitrogens is 3. The minimum Gasteiger partial charge on any atom is -0.355 e. The summed E-state index contributed by atoms with van der Waals surface area (Å²) in [7, 11) is 0.